The van der Waals surface area contributed by atoms with Crippen LogP contribution >= 0.6 is 11.6 Å². The molecule has 0 saturated carbocycles. The van der Waals surface area contributed by atoms with Crippen LogP contribution in [0.15, 0.2) is 24.3 Å². The number of nitrogens with one attached hydrogen (secondary N) is 1. The van der Waals surface area contributed by atoms with Crippen LogP contribution in [0.4, 0.5) is 10.2 Å². The molecule has 0 amide bonds. The molecule has 1 aromatic heterocycles. The lowest BCUT2D eigenvalue weighted by Gasteiger charge is -2.10. The molecule has 18 heavy (non-hydrogen) atoms. The quantitative estimate of drug-likeness (QED) is 0.863. The topological polar surface area (TPSA) is 37.8 Å². The molecule has 0 saturated heterocycles. The van der Waals surface area contributed by atoms with Gasteiger partial charge in [0.2, 0.25) is 0 Å². The Labute approximate surface area is 110 Å². The maximum Gasteiger partial charge on any atom is 0.137 e. The van der Waals surface area contributed by atoms with Gasteiger partial charge in [0.25, 0.3) is 0 Å². The highest BCUT2D eigenvalue weighted by Crippen LogP contribution is 2.20. The summed E-state index contributed by atoms with van der Waals surface area (Å²) in [5, 5.41) is 3.57. The minimum Gasteiger partial charge on any atom is -0.366 e. The van der Waals surface area contributed by atoms with Crippen LogP contribution in [0.2, 0.25) is 5.15 Å². The lowest BCUT2D eigenvalue weighted by Crippen LogP contribution is -2.06. The zero-order valence-corrected chi connectivity index (χ0v) is 10.9. The lowest BCUT2D eigenvalue weighted by atomic mass is 10.2. The van der Waals surface area contributed by atoms with Crippen LogP contribution in [-0.2, 0) is 6.54 Å². The number of aryl methyl sites for hydroxylation is 1. The number of benzene rings is 1. The zero-order chi connectivity index (χ0) is 13.1. The molecular formula is C13H13ClFN3. The predicted molar refractivity (Wildman–Crippen MR) is 70.2 cm³/mol. The number of halogens is 2. The van der Waals surface area contributed by atoms with E-state index in [0.29, 0.717) is 23.3 Å². The Hall–Kier alpha value is -1.68. The SMILES string of the molecule is Cc1nc(Cl)c(C)c(NCc2cccc(F)c2)n1. The molecule has 1 N–H and O–H groups in total. The first-order chi connectivity index (χ1) is 8.56. The Bertz CT molecular complexity index is 572. The first kappa shape index (κ1) is 12.8. The second kappa shape index (κ2) is 5.31. The summed E-state index contributed by atoms with van der Waals surface area (Å²) in [5.41, 5.74) is 1.64. The van der Waals surface area contributed by atoms with Crippen LogP contribution in [0.5, 0.6) is 0 Å². The molecule has 0 fully saturated rings. The molecule has 1 aromatic carbocycles. The minimum absolute atomic E-state index is 0.247. The Balaban J connectivity index is 2.15. The van der Waals surface area contributed by atoms with Gasteiger partial charge in [0.1, 0.15) is 22.6 Å². The molecule has 3 nitrogen and oxygen atoms in total. The van der Waals surface area contributed by atoms with Gasteiger partial charge in [0.05, 0.1) is 0 Å². The average Bonchev–Trinajstić information content (AvgIpc) is 2.32. The summed E-state index contributed by atoms with van der Waals surface area (Å²) in [6.07, 6.45) is 0. The largest absolute Gasteiger partial charge is 0.366 e. The third-order valence-corrected chi connectivity index (χ3v) is 2.92. The van der Waals surface area contributed by atoms with E-state index in [1.54, 1.807) is 13.0 Å². The monoisotopic (exact) mass is 265 g/mol. The summed E-state index contributed by atoms with van der Waals surface area (Å²) in [5.74, 6) is 1.03. The summed E-state index contributed by atoms with van der Waals surface area (Å²) in [6, 6.07) is 6.43. The fourth-order valence-electron chi connectivity index (χ4n) is 1.60. The predicted octanol–water partition coefficient (Wildman–Crippen LogP) is 3.50. The van der Waals surface area contributed by atoms with Crippen LogP contribution in [0, 0.1) is 19.7 Å². The summed E-state index contributed by atoms with van der Waals surface area (Å²) < 4.78 is 13.0. The second-order valence-electron chi connectivity index (χ2n) is 4.02. The van der Waals surface area contributed by atoms with E-state index in [1.807, 2.05) is 13.0 Å². The van der Waals surface area contributed by atoms with Gasteiger partial charge in [-0.3, -0.25) is 0 Å². The van der Waals surface area contributed by atoms with Crippen molar-refractivity contribution in [3.8, 4) is 0 Å². The molecule has 0 unspecified atom stereocenters. The zero-order valence-electron chi connectivity index (χ0n) is 10.2. The van der Waals surface area contributed by atoms with Crippen LogP contribution < -0.4 is 5.32 Å². The third-order valence-electron chi connectivity index (χ3n) is 2.55. The number of anilines is 1. The molecule has 0 atom stereocenters. The Morgan fingerprint density at radius 1 is 1.28 bits per heavy atom. The van der Waals surface area contributed by atoms with Crippen LogP contribution in [0.1, 0.15) is 17.0 Å². The molecule has 1 heterocycles. The maximum atomic E-state index is 13.0. The van der Waals surface area contributed by atoms with Gasteiger partial charge in [0, 0.05) is 12.1 Å². The lowest BCUT2D eigenvalue weighted by molar-refractivity contribution is 0.626. The molecule has 94 valence electrons. The molecule has 0 aliphatic rings. The van der Waals surface area contributed by atoms with Crippen molar-refractivity contribution < 1.29 is 4.39 Å². The van der Waals surface area contributed by atoms with Crippen molar-refractivity contribution in [1.29, 1.82) is 0 Å². The van der Waals surface area contributed by atoms with E-state index in [2.05, 4.69) is 15.3 Å². The fourth-order valence-corrected chi connectivity index (χ4v) is 1.81. The van der Waals surface area contributed by atoms with Crippen molar-refractivity contribution in [3.63, 3.8) is 0 Å². The fraction of sp³-hybridized carbons (Fsp3) is 0.231. The first-order valence-corrected chi connectivity index (χ1v) is 5.93. The van der Waals surface area contributed by atoms with Gasteiger partial charge in [-0.1, -0.05) is 23.7 Å². The summed E-state index contributed by atoms with van der Waals surface area (Å²) in [7, 11) is 0. The van der Waals surface area contributed by atoms with Gasteiger partial charge in [0.15, 0.2) is 0 Å². The summed E-state index contributed by atoms with van der Waals surface area (Å²) in [6.45, 7) is 4.11. The Morgan fingerprint density at radius 2 is 2.06 bits per heavy atom. The van der Waals surface area contributed by atoms with E-state index >= 15 is 0 Å². The number of nitrogens with zero attached hydrogens (tertiary/aromatic N) is 2. The van der Waals surface area contributed by atoms with Gasteiger partial charge in [-0.25, -0.2) is 14.4 Å². The number of hydrogen-bond acceptors (Lipinski definition) is 3. The third kappa shape index (κ3) is 2.96. The van der Waals surface area contributed by atoms with Crippen molar-refractivity contribution in [1.82, 2.24) is 9.97 Å². The highest BCUT2D eigenvalue weighted by molar-refractivity contribution is 6.30. The summed E-state index contributed by atoms with van der Waals surface area (Å²) >= 11 is 5.97. The molecule has 0 radical (unpaired) electrons. The van der Waals surface area contributed by atoms with E-state index in [4.69, 9.17) is 11.6 Å². The second-order valence-corrected chi connectivity index (χ2v) is 4.38. The van der Waals surface area contributed by atoms with Gasteiger partial charge in [-0.05, 0) is 31.5 Å². The standard InChI is InChI=1S/C13H13ClFN3/c1-8-12(14)17-9(2)18-13(8)16-7-10-4-3-5-11(15)6-10/h3-6H,7H2,1-2H3,(H,16,17,18). The van der Waals surface area contributed by atoms with Crippen molar-refractivity contribution in [2.45, 2.75) is 20.4 Å². The highest BCUT2D eigenvalue weighted by Gasteiger charge is 2.07. The van der Waals surface area contributed by atoms with E-state index in [1.165, 1.54) is 12.1 Å². The molecule has 2 rings (SSSR count). The Morgan fingerprint density at radius 3 is 2.78 bits per heavy atom. The smallest absolute Gasteiger partial charge is 0.137 e. The molecular weight excluding hydrogens is 253 g/mol. The van der Waals surface area contributed by atoms with Crippen LogP contribution in [0.3, 0.4) is 0 Å². The molecule has 0 bridgehead atoms. The molecule has 0 aliphatic carbocycles. The number of aromatic nitrogens is 2. The van der Waals surface area contributed by atoms with Crippen molar-refractivity contribution >= 4 is 17.4 Å². The van der Waals surface area contributed by atoms with E-state index in [9.17, 15) is 4.39 Å². The van der Waals surface area contributed by atoms with Gasteiger partial charge < -0.3 is 5.32 Å². The van der Waals surface area contributed by atoms with Gasteiger partial charge in [-0.15, -0.1) is 0 Å². The van der Waals surface area contributed by atoms with E-state index < -0.39 is 0 Å². The molecule has 0 spiro atoms. The maximum absolute atomic E-state index is 13.0. The van der Waals surface area contributed by atoms with Crippen molar-refractivity contribution in [2.75, 3.05) is 5.32 Å². The normalized spacial score (nSPS) is 10.4. The Kier molecular flexibility index (Phi) is 3.77. The van der Waals surface area contributed by atoms with E-state index in [0.717, 1.165) is 11.1 Å². The van der Waals surface area contributed by atoms with Crippen LogP contribution in [-0.4, -0.2) is 9.97 Å². The van der Waals surface area contributed by atoms with Gasteiger partial charge in [-0.2, -0.15) is 0 Å². The van der Waals surface area contributed by atoms with Gasteiger partial charge >= 0.3 is 0 Å². The minimum atomic E-state index is -0.247. The number of hydrogen-bond donors (Lipinski definition) is 1. The molecule has 2 aromatic rings. The first-order valence-electron chi connectivity index (χ1n) is 5.55. The van der Waals surface area contributed by atoms with Crippen molar-refractivity contribution in [3.05, 3.63) is 52.2 Å². The summed E-state index contributed by atoms with van der Waals surface area (Å²) in [4.78, 5) is 8.33. The molecule has 0 aliphatic heterocycles. The molecule has 5 heteroatoms. The van der Waals surface area contributed by atoms with Crippen molar-refractivity contribution in [2.24, 2.45) is 0 Å². The number of rotatable bonds is 3. The van der Waals surface area contributed by atoms with Crippen LogP contribution in [0.25, 0.3) is 0 Å². The van der Waals surface area contributed by atoms with E-state index in [-0.39, 0.29) is 5.82 Å². The average molecular weight is 266 g/mol. The highest BCUT2D eigenvalue weighted by atomic mass is 35.5.